The molecule has 0 aliphatic carbocycles. The van der Waals surface area contributed by atoms with Gasteiger partial charge >= 0.3 is 80.3 Å². The van der Waals surface area contributed by atoms with Crippen molar-refractivity contribution in [2.24, 2.45) is 0 Å². The molecule has 0 bridgehead atoms. The maximum atomic E-state index is 2.32. The van der Waals surface area contributed by atoms with Gasteiger partial charge < -0.3 is 0 Å². The van der Waals surface area contributed by atoms with Crippen LogP contribution in [0.3, 0.4) is 0 Å². The summed E-state index contributed by atoms with van der Waals surface area (Å²) in [7, 11) is 0. The molecule has 0 aliphatic heterocycles. The van der Waals surface area contributed by atoms with E-state index in [0.717, 1.165) is 5.66 Å². The third-order valence-corrected chi connectivity index (χ3v) is 6.28. The third-order valence-electron chi connectivity index (χ3n) is 1.63. The molecule has 2 heteroatoms. The quantitative estimate of drug-likeness (QED) is 0.624. The van der Waals surface area contributed by atoms with E-state index in [4.69, 9.17) is 0 Å². The van der Waals surface area contributed by atoms with E-state index in [1.165, 1.54) is 60.8 Å². The number of hydrogen-bond donors (Lipinski definition) is 0. The van der Waals surface area contributed by atoms with Gasteiger partial charge in [-0.25, -0.2) is 0 Å². The molecule has 2 atom stereocenters. The van der Waals surface area contributed by atoms with E-state index in [0.29, 0.717) is 0 Å². The fraction of sp³-hybridized carbons (Fsp3) is 1.00. The Morgan fingerprint density at radius 1 is 1.44 bits per heavy atom. The van der Waals surface area contributed by atoms with Crippen molar-refractivity contribution in [2.45, 2.75) is 45.2 Å². The van der Waals surface area contributed by atoms with Crippen molar-refractivity contribution in [3.63, 3.8) is 0 Å². The fourth-order valence-electron chi connectivity index (χ4n) is 0.856. The van der Waals surface area contributed by atoms with E-state index in [9.17, 15) is 0 Å². The molecule has 0 spiro atoms. The van der Waals surface area contributed by atoms with Gasteiger partial charge in [0.15, 0.2) is 0 Å². The van der Waals surface area contributed by atoms with E-state index >= 15 is 0 Å². The first-order chi connectivity index (χ1) is 4.35. The Kier molecular flexibility index (Phi) is 8.94. The summed E-state index contributed by atoms with van der Waals surface area (Å²) in [4.78, 5) is 1.29. The van der Waals surface area contributed by atoms with Gasteiger partial charge in [0.05, 0.1) is 0 Å². The van der Waals surface area contributed by atoms with Gasteiger partial charge in [-0.3, -0.25) is 0 Å². The molecule has 0 radical (unpaired) electrons. The van der Waals surface area contributed by atoms with Gasteiger partial charge in [-0.05, 0) is 0 Å². The average Bonchev–Trinajstić information content (AvgIpc) is 1.91. The molecule has 2 unspecified atom stereocenters. The molecule has 0 saturated carbocycles. The van der Waals surface area contributed by atoms with Crippen LogP contribution in [-0.4, -0.2) is 5.66 Å². The number of hydrogen-bond acceptors (Lipinski definition) is 0. The zero-order valence-corrected chi connectivity index (χ0v) is 10.3. The summed E-state index contributed by atoms with van der Waals surface area (Å²) < 4.78 is 0. The zero-order chi connectivity index (χ0) is 7.11. The normalized spacial score (nSPS) is 14.8. The molecule has 0 fully saturated rings. The molecule has 52 valence electrons. The van der Waals surface area contributed by atoms with Crippen LogP contribution in [0.2, 0.25) is 0 Å². The molecule has 0 heterocycles. The number of rotatable bonds is 5. The van der Waals surface area contributed by atoms with Crippen LogP contribution >= 0.6 is 4.83 Å². The molecule has 9 heavy (non-hydrogen) atoms. The van der Waals surface area contributed by atoms with Gasteiger partial charge in [-0.1, -0.05) is 0 Å². The van der Waals surface area contributed by atoms with Gasteiger partial charge in [0.2, 0.25) is 0 Å². The summed E-state index contributed by atoms with van der Waals surface area (Å²) in [6.45, 7) is 4.60. The fourth-order valence-corrected chi connectivity index (χ4v) is 4.43. The van der Waals surface area contributed by atoms with Crippen LogP contribution in [0, 0.1) is 0 Å². The van der Waals surface area contributed by atoms with Crippen molar-refractivity contribution in [1.29, 1.82) is 0 Å². The van der Waals surface area contributed by atoms with Crippen LogP contribution in [-0.2, 0) is 30.3 Å². The molecule has 0 amide bonds. The van der Waals surface area contributed by atoms with Gasteiger partial charge in [-0.15, -0.1) is 0 Å². The maximum absolute atomic E-state index is 2.32. The van der Waals surface area contributed by atoms with Crippen molar-refractivity contribution in [3.05, 3.63) is 0 Å². The van der Waals surface area contributed by atoms with Crippen LogP contribution in [0.1, 0.15) is 39.5 Å². The monoisotopic (exact) mass is 220 g/mol. The Morgan fingerprint density at radius 2 is 2.11 bits per heavy atom. The van der Waals surface area contributed by atoms with Crippen LogP contribution in [0.5, 0.6) is 0 Å². The Labute approximate surface area is 79.8 Å². The first-order valence-corrected chi connectivity index (χ1v) is 9.22. The van der Waals surface area contributed by atoms with E-state index in [1.54, 1.807) is 0 Å². The predicted octanol–water partition coefficient (Wildman–Crippen LogP) is 3.10. The van der Waals surface area contributed by atoms with Crippen LogP contribution in [0.25, 0.3) is 0 Å². The van der Waals surface area contributed by atoms with Crippen molar-refractivity contribution in [2.75, 3.05) is 0 Å². The molecule has 0 aromatic rings. The van der Waals surface area contributed by atoms with Gasteiger partial charge in [0.1, 0.15) is 0 Å². The molecule has 0 N–H and O–H groups in total. The summed E-state index contributed by atoms with van der Waals surface area (Å²) >= 11 is 1.48. The van der Waals surface area contributed by atoms with E-state index in [-0.39, 0.29) is 0 Å². The van der Waals surface area contributed by atoms with Crippen LogP contribution < -0.4 is 0 Å². The Hall–Kier alpha value is 1.53. The molecule has 0 nitrogen and oxygen atoms in total. The average molecular weight is 220 g/mol. The van der Waals surface area contributed by atoms with Gasteiger partial charge in [0, 0.05) is 0 Å². The second-order valence-corrected chi connectivity index (χ2v) is 6.02. The molecular weight excluding hydrogens is 204 g/mol. The van der Waals surface area contributed by atoms with Gasteiger partial charge in [0.25, 0.3) is 0 Å². The van der Waals surface area contributed by atoms with Crippen LogP contribution in [0.15, 0.2) is 0 Å². The summed E-state index contributed by atoms with van der Waals surface area (Å²) in [5.41, 5.74) is 1.09. The minimum absolute atomic E-state index is 1.09. The molecule has 0 aliphatic rings. The molecule has 0 aromatic carbocycles. The van der Waals surface area contributed by atoms with Gasteiger partial charge in [-0.2, -0.15) is 0 Å². The minimum atomic E-state index is 1.09. The molecule has 0 aromatic heterocycles. The van der Waals surface area contributed by atoms with Crippen molar-refractivity contribution >= 4 is 4.83 Å². The van der Waals surface area contributed by atoms with E-state index in [2.05, 4.69) is 13.8 Å². The molecular formula is C7H16PY. The Morgan fingerprint density at radius 3 is 2.44 bits per heavy atom. The summed E-state index contributed by atoms with van der Waals surface area (Å²) in [5.74, 6) is 0. The van der Waals surface area contributed by atoms with Crippen molar-refractivity contribution in [3.8, 4) is 0 Å². The SMILES string of the molecule is CCCCC(CC)[PH][Y]. The van der Waals surface area contributed by atoms with E-state index < -0.39 is 0 Å². The summed E-state index contributed by atoms with van der Waals surface area (Å²) in [5, 5.41) is 0. The summed E-state index contributed by atoms with van der Waals surface area (Å²) in [6, 6.07) is 0. The molecule has 0 saturated heterocycles. The molecule has 0 rings (SSSR count). The zero-order valence-electron chi connectivity index (χ0n) is 6.48. The number of unbranched alkanes of at least 4 members (excludes halogenated alkanes) is 1. The van der Waals surface area contributed by atoms with Crippen molar-refractivity contribution < 1.29 is 30.3 Å². The standard InChI is InChI=1S/C7H16P.Y/c1-3-5-6-7(8)4-2;/h7-8H,3-6H2,1-2H3;/q-1;+1. The predicted molar refractivity (Wildman–Crippen MR) is 41.9 cm³/mol. The first-order valence-electron chi connectivity index (χ1n) is 3.81. The van der Waals surface area contributed by atoms with E-state index in [1.807, 2.05) is 0 Å². The second kappa shape index (κ2) is 7.64. The first kappa shape index (κ1) is 10.5. The second-order valence-electron chi connectivity index (χ2n) is 2.41. The topological polar surface area (TPSA) is 0 Å². The third kappa shape index (κ3) is 5.95. The van der Waals surface area contributed by atoms with Crippen LogP contribution in [0.4, 0.5) is 0 Å². The summed E-state index contributed by atoms with van der Waals surface area (Å²) in [6.07, 6.45) is 5.74. The Balaban J connectivity index is 3.09. The van der Waals surface area contributed by atoms with Crippen molar-refractivity contribution in [1.82, 2.24) is 0 Å². The Bertz CT molecular complexity index is 52.9.